The van der Waals surface area contributed by atoms with Gasteiger partial charge in [0.15, 0.2) is 0 Å². The normalized spacial score (nSPS) is 11.2. The summed E-state index contributed by atoms with van der Waals surface area (Å²) < 4.78 is 8.50. The summed E-state index contributed by atoms with van der Waals surface area (Å²) in [7, 11) is 0. The van der Waals surface area contributed by atoms with E-state index in [0.717, 1.165) is 55.2 Å². The zero-order chi connectivity index (χ0) is 23.4. The Bertz CT molecular complexity index is 1890. The third-order valence-corrected chi connectivity index (χ3v) is 6.29. The van der Waals surface area contributed by atoms with Gasteiger partial charge in [-0.2, -0.15) is 0 Å². The first-order chi connectivity index (χ1) is 17.2. The van der Waals surface area contributed by atoms with Gasteiger partial charge in [0.05, 0.1) is 16.7 Å². The van der Waals surface area contributed by atoms with E-state index in [0.29, 0.717) is 11.5 Å². The molecule has 0 aliphatic rings. The van der Waals surface area contributed by atoms with Crippen LogP contribution < -0.4 is 4.74 Å². The molecular weight excluding hydrogens is 537 g/mol. The Morgan fingerprint density at radius 3 is 2.42 bits per heavy atom. The van der Waals surface area contributed by atoms with E-state index in [-0.39, 0.29) is 20.4 Å². The molecule has 4 nitrogen and oxygen atoms in total. The van der Waals surface area contributed by atoms with Crippen molar-refractivity contribution in [1.82, 2.24) is 14.4 Å². The summed E-state index contributed by atoms with van der Waals surface area (Å²) in [5.41, 5.74) is 6.86. The molecule has 0 atom stereocenters. The molecule has 0 aliphatic carbocycles. The number of ether oxygens (including phenoxy) is 1. The predicted octanol–water partition coefficient (Wildman–Crippen LogP) is 7.55. The van der Waals surface area contributed by atoms with Gasteiger partial charge >= 0.3 is 20.4 Å². The first-order valence-electron chi connectivity index (χ1n) is 11.5. The Morgan fingerprint density at radius 2 is 1.56 bits per heavy atom. The molecular formula is C31H19N3OPd. The van der Waals surface area contributed by atoms with Crippen LogP contribution in [0.4, 0.5) is 0 Å². The average molecular weight is 556 g/mol. The molecule has 0 unspecified atom stereocenters. The summed E-state index contributed by atoms with van der Waals surface area (Å²) in [5.74, 6) is 1.25. The number of rotatable bonds is 3. The van der Waals surface area contributed by atoms with Crippen LogP contribution in [-0.2, 0) is 20.4 Å². The minimum absolute atomic E-state index is 0. The van der Waals surface area contributed by atoms with Gasteiger partial charge in [-0.3, -0.25) is 4.98 Å². The van der Waals surface area contributed by atoms with E-state index >= 15 is 0 Å². The molecule has 0 fully saturated rings. The summed E-state index contributed by atoms with van der Waals surface area (Å²) in [6.45, 7) is 2.04. The predicted molar refractivity (Wildman–Crippen MR) is 140 cm³/mol. The van der Waals surface area contributed by atoms with Crippen LogP contribution in [0.15, 0.2) is 97.2 Å². The second-order valence-corrected chi connectivity index (χ2v) is 8.64. The number of hydrogen-bond donors (Lipinski definition) is 0. The van der Waals surface area contributed by atoms with Crippen molar-refractivity contribution in [1.29, 1.82) is 0 Å². The summed E-state index contributed by atoms with van der Waals surface area (Å²) in [5, 5.41) is 3.17. The van der Waals surface area contributed by atoms with E-state index in [4.69, 9.17) is 9.72 Å². The van der Waals surface area contributed by atoms with Crippen LogP contribution in [0, 0.1) is 19.1 Å². The second-order valence-electron chi connectivity index (χ2n) is 8.64. The molecule has 0 amide bonds. The van der Waals surface area contributed by atoms with Crippen molar-refractivity contribution in [3.63, 3.8) is 0 Å². The van der Waals surface area contributed by atoms with Crippen LogP contribution in [0.2, 0.25) is 0 Å². The number of aromatic nitrogens is 3. The number of imidazole rings is 1. The van der Waals surface area contributed by atoms with E-state index in [1.165, 1.54) is 0 Å². The number of fused-ring (bicyclic) bond motifs is 8. The van der Waals surface area contributed by atoms with E-state index in [2.05, 4.69) is 64.0 Å². The SMILES string of the molecule is Cc1cc(Oc2[c-]c3c(cc2)c2ccccc2n2c4ccccc4nc32)[c-]c(-c2ccccn2)c1.[Pd+2]. The maximum atomic E-state index is 6.29. The van der Waals surface area contributed by atoms with Crippen LogP contribution in [-0.4, -0.2) is 14.4 Å². The molecule has 0 saturated carbocycles. The third kappa shape index (κ3) is 3.65. The van der Waals surface area contributed by atoms with Crippen molar-refractivity contribution in [2.45, 2.75) is 6.92 Å². The smallest absolute Gasteiger partial charge is 0.497 e. The largest absolute Gasteiger partial charge is 2.00 e. The zero-order valence-electron chi connectivity index (χ0n) is 19.3. The minimum Gasteiger partial charge on any atom is -0.497 e. The molecule has 0 radical (unpaired) electrons. The summed E-state index contributed by atoms with van der Waals surface area (Å²) in [6, 6.07) is 37.5. The standard InChI is InChI=1S/C31H19N3O.Pd/c1-20-16-21(27-9-6-7-15-32-27)18-23(17-20)35-22-13-14-24-25-8-2-4-11-29(25)34-30-12-5-3-10-28(30)33-31(34)26(24)19-22;/h2-17H,1H3;/q-2;+2. The molecule has 36 heavy (non-hydrogen) atoms. The molecule has 0 N–H and O–H groups in total. The molecule has 3 aromatic heterocycles. The van der Waals surface area contributed by atoms with Crippen LogP contribution in [0.5, 0.6) is 11.5 Å². The van der Waals surface area contributed by atoms with Crippen LogP contribution in [0.25, 0.3) is 49.6 Å². The summed E-state index contributed by atoms with van der Waals surface area (Å²) in [4.78, 5) is 9.43. The number of pyridine rings is 2. The Kier molecular flexibility index (Phi) is 5.53. The Balaban J connectivity index is 0.00000240. The fraction of sp³-hybridized carbons (Fsp3) is 0.0323. The van der Waals surface area contributed by atoms with Crippen molar-refractivity contribution >= 4 is 38.4 Å². The van der Waals surface area contributed by atoms with Gasteiger partial charge in [-0.05, 0) is 35.3 Å². The Labute approximate surface area is 221 Å². The fourth-order valence-corrected chi connectivity index (χ4v) is 4.78. The van der Waals surface area contributed by atoms with Crippen LogP contribution in [0.1, 0.15) is 5.56 Å². The van der Waals surface area contributed by atoms with Crippen molar-refractivity contribution < 1.29 is 25.2 Å². The van der Waals surface area contributed by atoms with Crippen LogP contribution in [0.3, 0.4) is 0 Å². The fourth-order valence-electron chi connectivity index (χ4n) is 4.78. The van der Waals surface area contributed by atoms with Gasteiger partial charge in [0.25, 0.3) is 0 Å². The molecule has 174 valence electrons. The average Bonchev–Trinajstić information content (AvgIpc) is 3.29. The minimum atomic E-state index is 0. The molecule has 0 spiro atoms. The number of hydrogen-bond acceptors (Lipinski definition) is 3. The number of para-hydroxylation sites is 3. The quantitative estimate of drug-likeness (QED) is 0.128. The van der Waals surface area contributed by atoms with E-state index in [1.807, 2.05) is 55.5 Å². The Hall–Kier alpha value is -4.04. The van der Waals surface area contributed by atoms with Crippen molar-refractivity contribution in [3.05, 3.63) is 115 Å². The molecule has 0 bridgehead atoms. The van der Waals surface area contributed by atoms with Gasteiger partial charge in [-0.1, -0.05) is 84.4 Å². The van der Waals surface area contributed by atoms with Crippen molar-refractivity contribution in [2.75, 3.05) is 0 Å². The first-order valence-corrected chi connectivity index (χ1v) is 11.5. The zero-order valence-corrected chi connectivity index (χ0v) is 20.9. The Morgan fingerprint density at radius 1 is 0.750 bits per heavy atom. The molecule has 0 aliphatic heterocycles. The second kappa shape index (κ2) is 8.88. The maximum absolute atomic E-state index is 6.29. The molecule has 0 saturated heterocycles. The van der Waals surface area contributed by atoms with E-state index < -0.39 is 0 Å². The van der Waals surface area contributed by atoms with Gasteiger partial charge in [-0.25, -0.2) is 0 Å². The maximum Gasteiger partial charge on any atom is 2.00 e. The monoisotopic (exact) mass is 555 g/mol. The number of benzene rings is 4. The van der Waals surface area contributed by atoms with Crippen molar-refractivity contribution in [3.8, 4) is 22.8 Å². The van der Waals surface area contributed by atoms with Gasteiger partial charge < -0.3 is 14.1 Å². The number of nitrogens with zero attached hydrogens (tertiary/aromatic N) is 3. The van der Waals surface area contributed by atoms with Gasteiger partial charge in [-0.15, -0.1) is 23.3 Å². The summed E-state index contributed by atoms with van der Waals surface area (Å²) >= 11 is 0. The van der Waals surface area contributed by atoms with Gasteiger partial charge in [0.2, 0.25) is 0 Å². The molecule has 3 heterocycles. The molecule has 7 aromatic rings. The van der Waals surface area contributed by atoms with Crippen molar-refractivity contribution in [2.24, 2.45) is 0 Å². The molecule has 7 rings (SSSR count). The van der Waals surface area contributed by atoms with E-state index in [1.54, 1.807) is 6.20 Å². The van der Waals surface area contributed by atoms with E-state index in [9.17, 15) is 0 Å². The topological polar surface area (TPSA) is 39.4 Å². The first kappa shape index (κ1) is 22.4. The number of aryl methyl sites for hydroxylation is 1. The molecule has 5 heteroatoms. The molecule has 4 aromatic carbocycles. The van der Waals surface area contributed by atoms with Gasteiger partial charge in [0, 0.05) is 23.2 Å². The van der Waals surface area contributed by atoms with Gasteiger partial charge in [0.1, 0.15) is 0 Å². The summed E-state index contributed by atoms with van der Waals surface area (Å²) in [6.07, 6.45) is 1.78. The van der Waals surface area contributed by atoms with Crippen LogP contribution >= 0.6 is 0 Å². The third-order valence-electron chi connectivity index (χ3n) is 6.29.